The zero-order valence-electron chi connectivity index (χ0n) is 16.5. The van der Waals surface area contributed by atoms with Crippen LogP contribution in [0.1, 0.15) is 24.1 Å². The molecule has 2 fully saturated rings. The quantitative estimate of drug-likeness (QED) is 0.359. The van der Waals surface area contributed by atoms with Crippen LogP contribution in [0.5, 0.6) is 0 Å². The van der Waals surface area contributed by atoms with Gasteiger partial charge in [0.05, 0.1) is 28.4 Å². The number of anilines is 1. The number of fused-ring (bicyclic) bond motifs is 2. The number of pyridine rings is 1. The highest BCUT2D eigenvalue weighted by molar-refractivity contribution is 6.31. The minimum atomic E-state index is -5.12. The smallest absolute Gasteiger partial charge is 0.393 e. The molecule has 0 unspecified atom stereocenters. The van der Waals surface area contributed by atoms with Gasteiger partial charge in [-0.2, -0.15) is 26.3 Å². The van der Waals surface area contributed by atoms with E-state index >= 15 is 0 Å². The highest BCUT2D eigenvalue weighted by Crippen LogP contribution is 2.46. The van der Waals surface area contributed by atoms with Crippen LogP contribution in [0.25, 0.3) is 0 Å². The fourth-order valence-corrected chi connectivity index (χ4v) is 4.61. The molecular formula is C20H16ClF7N4O. The Bertz CT molecular complexity index is 1070. The summed E-state index contributed by atoms with van der Waals surface area (Å²) >= 11 is 5.73. The first-order valence-corrected chi connectivity index (χ1v) is 10.1. The molecule has 4 rings (SSSR count). The van der Waals surface area contributed by atoms with Crippen LogP contribution in [0.4, 0.5) is 42.2 Å². The van der Waals surface area contributed by atoms with Crippen LogP contribution in [-0.4, -0.2) is 34.1 Å². The Hall–Kier alpha value is -2.60. The van der Waals surface area contributed by atoms with E-state index in [0.717, 1.165) is 6.07 Å². The Balaban J connectivity index is 1.80. The topological polar surface area (TPSA) is 74.7 Å². The summed E-state index contributed by atoms with van der Waals surface area (Å²) in [7, 11) is 0. The van der Waals surface area contributed by atoms with Crippen LogP contribution in [0.3, 0.4) is 0 Å². The number of aliphatic imine (C=N–C) groups is 1. The molecule has 1 saturated carbocycles. The average Bonchev–Trinajstić information content (AvgIpc) is 3.26. The van der Waals surface area contributed by atoms with Crippen molar-refractivity contribution in [2.24, 2.45) is 16.6 Å². The van der Waals surface area contributed by atoms with Crippen LogP contribution in [0.15, 0.2) is 35.3 Å². The lowest BCUT2D eigenvalue weighted by molar-refractivity contribution is -0.145. The molecule has 178 valence electrons. The van der Waals surface area contributed by atoms with E-state index in [4.69, 9.17) is 17.3 Å². The van der Waals surface area contributed by atoms with Gasteiger partial charge in [-0.05, 0) is 43.2 Å². The summed E-state index contributed by atoms with van der Waals surface area (Å²) in [6.07, 6.45) is -10.7. The van der Waals surface area contributed by atoms with E-state index in [1.165, 1.54) is 17.0 Å². The van der Waals surface area contributed by atoms with Gasteiger partial charge < -0.3 is 15.7 Å². The first kappa shape index (κ1) is 23.6. The molecule has 0 spiro atoms. The number of nitrogens with zero attached hydrogens (tertiary/aromatic N) is 3. The molecule has 1 aromatic heterocycles. The van der Waals surface area contributed by atoms with Crippen molar-refractivity contribution >= 4 is 28.9 Å². The molecule has 0 radical (unpaired) electrons. The summed E-state index contributed by atoms with van der Waals surface area (Å²) in [5, 5.41) is 10.1. The molecule has 13 heteroatoms. The van der Waals surface area contributed by atoms with Gasteiger partial charge in [0, 0.05) is 12.0 Å². The third-order valence-electron chi connectivity index (χ3n) is 5.81. The second-order valence-corrected chi connectivity index (χ2v) is 8.35. The number of aliphatic hydroxyl groups is 1. The van der Waals surface area contributed by atoms with E-state index in [9.17, 15) is 35.8 Å². The molecule has 1 saturated heterocycles. The van der Waals surface area contributed by atoms with Gasteiger partial charge in [-0.25, -0.2) is 14.4 Å². The second kappa shape index (κ2) is 8.01. The van der Waals surface area contributed by atoms with Crippen LogP contribution in [0.2, 0.25) is 5.02 Å². The number of nitrogens with two attached hydrogens (primary N) is 1. The number of hydrogen-bond acceptors (Lipinski definition) is 4. The molecule has 1 aliphatic carbocycles. The summed E-state index contributed by atoms with van der Waals surface area (Å²) < 4.78 is 93.4. The van der Waals surface area contributed by atoms with Crippen LogP contribution in [-0.2, 0) is 12.4 Å². The zero-order valence-corrected chi connectivity index (χ0v) is 17.3. The molecule has 1 aliphatic heterocycles. The number of piperidine rings is 1. The summed E-state index contributed by atoms with van der Waals surface area (Å²) in [5.41, 5.74) is 3.03. The minimum absolute atomic E-state index is 0.0559. The second-order valence-electron chi connectivity index (χ2n) is 7.94. The molecule has 5 nitrogen and oxygen atoms in total. The summed E-state index contributed by atoms with van der Waals surface area (Å²) in [5.74, 6) is -2.06. The molecule has 1 aromatic carbocycles. The number of aromatic nitrogens is 1. The van der Waals surface area contributed by atoms with E-state index in [-0.39, 0.29) is 35.5 Å². The van der Waals surface area contributed by atoms with E-state index in [2.05, 4.69) is 9.98 Å². The number of alkyl halides is 6. The van der Waals surface area contributed by atoms with E-state index in [0.29, 0.717) is 6.07 Å². The van der Waals surface area contributed by atoms with Crippen molar-refractivity contribution in [3.63, 3.8) is 0 Å². The van der Waals surface area contributed by atoms with Gasteiger partial charge in [0.1, 0.15) is 23.2 Å². The molecular weight excluding hydrogens is 481 g/mol. The predicted molar refractivity (Wildman–Crippen MR) is 106 cm³/mol. The predicted octanol–water partition coefficient (Wildman–Crippen LogP) is 4.93. The molecule has 2 aromatic rings. The van der Waals surface area contributed by atoms with Gasteiger partial charge in [-0.15, -0.1) is 0 Å². The molecule has 2 heterocycles. The Kier molecular flexibility index (Phi) is 5.72. The van der Waals surface area contributed by atoms with Crippen molar-refractivity contribution in [2.75, 3.05) is 4.90 Å². The zero-order chi connectivity index (χ0) is 24.3. The highest BCUT2D eigenvalue weighted by atomic mass is 35.5. The molecule has 3 N–H and O–H groups in total. The number of benzene rings is 1. The van der Waals surface area contributed by atoms with Crippen LogP contribution >= 0.6 is 11.6 Å². The van der Waals surface area contributed by atoms with Crippen LogP contribution < -0.4 is 10.6 Å². The van der Waals surface area contributed by atoms with Crippen molar-refractivity contribution < 1.29 is 35.8 Å². The first-order valence-electron chi connectivity index (χ1n) is 9.67. The average molecular weight is 497 g/mol. The Morgan fingerprint density at radius 3 is 2.39 bits per heavy atom. The third kappa shape index (κ3) is 4.45. The summed E-state index contributed by atoms with van der Waals surface area (Å²) in [6, 6.07) is 2.30. The van der Waals surface area contributed by atoms with E-state index in [1.807, 2.05) is 0 Å². The number of halogens is 8. The monoisotopic (exact) mass is 496 g/mol. The number of amidine groups is 1. The number of aliphatic hydroxyl groups excluding tert-OH is 1. The van der Waals surface area contributed by atoms with Crippen LogP contribution in [0, 0.1) is 11.7 Å². The minimum Gasteiger partial charge on any atom is -0.393 e. The maximum atomic E-state index is 13.4. The summed E-state index contributed by atoms with van der Waals surface area (Å²) in [6.45, 7) is 0. The van der Waals surface area contributed by atoms with Gasteiger partial charge in [0.25, 0.3) is 0 Å². The van der Waals surface area contributed by atoms with Gasteiger partial charge in [-0.3, -0.25) is 0 Å². The number of rotatable bonds is 3. The maximum Gasteiger partial charge on any atom is 0.433 e. The maximum absolute atomic E-state index is 13.4. The number of hydrogen-bond donors (Lipinski definition) is 2. The largest absolute Gasteiger partial charge is 0.433 e. The van der Waals surface area contributed by atoms with Gasteiger partial charge in [-0.1, -0.05) is 11.6 Å². The third-order valence-corrected chi connectivity index (χ3v) is 6.10. The lowest BCUT2D eigenvalue weighted by Gasteiger charge is -2.38. The van der Waals surface area contributed by atoms with Gasteiger partial charge in [0.2, 0.25) is 0 Å². The normalized spacial score (nSPS) is 25.7. The van der Waals surface area contributed by atoms with Gasteiger partial charge in [0.15, 0.2) is 0 Å². The fourth-order valence-electron chi connectivity index (χ4n) is 4.44. The van der Waals surface area contributed by atoms with E-state index in [1.54, 1.807) is 0 Å². The van der Waals surface area contributed by atoms with Crippen molar-refractivity contribution in [1.29, 1.82) is 0 Å². The SMILES string of the molecule is NC(=Nc1ccc(F)c(Cl)c1)[C@@H]1[C@@H]2C[C@@H](C[C@H]2O)N1c1cc(C(F)(F)F)cc(C(F)(F)F)n1. The van der Waals surface area contributed by atoms with Crippen molar-refractivity contribution in [3.8, 4) is 0 Å². The first-order chi connectivity index (χ1) is 15.3. The highest BCUT2D eigenvalue weighted by Gasteiger charge is 2.53. The Morgan fingerprint density at radius 1 is 1.09 bits per heavy atom. The van der Waals surface area contributed by atoms with Gasteiger partial charge >= 0.3 is 12.4 Å². The lowest BCUT2D eigenvalue weighted by atomic mass is 9.94. The van der Waals surface area contributed by atoms with Crippen molar-refractivity contribution in [3.05, 3.63) is 52.4 Å². The molecule has 2 aliphatic rings. The summed E-state index contributed by atoms with van der Waals surface area (Å²) in [4.78, 5) is 8.82. The standard InChI is InChI=1S/C20H16ClF7N4O/c21-12-5-9(1-2-13(12)22)30-18(29)17-11-6-10(7-14(11)33)32(17)16-4-8(19(23,24)25)3-15(31-16)20(26,27)28/h1-5,10-11,14,17,33H,6-7H2,(H2,29,30)/t10-,11+,14+,17-/m0/s1. The lowest BCUT2D eigenvalue weighted by Crippen LogP contribution is -2.53. The molecule has 33 heavy (non-hydrogen) atoms. The molecule has 2 bridgehead atoms. The van der Waals surface area contributed by atoms with Crippen molar-refractivity contribution in [1.82, 2.24) is 4.98 Å². The Labute approximate surface area is 187 Å². The van der Waals surface area contributed by atoms with Crippen molar-refractivity contribution in [2.45, 2.75) is 43.4 Å². The fraction of sp³-hybridized carbons (Fsp3) is 0.400. The van der Waals surface area contributed by atoms with E-state index < -0.39 is 59.4 Å². The molecule has 0 amide bonds. The Morgan fingerprint density at radius 2 is 1.79 bits per heavy atom. The molecule has 4 atom stereocenters.